The topological polar surface area (TPSA) is 80.5 Å². The maximum atomic E-state index is 11.9. The third-order valence-corrected chi connectivity index (χ3v) is 5.89. The Morgan fingerprint density at radius 2 is 2.00 bits per heavy atom. The summed E-state index contributed by atoms with van der Waals surface area (Å²) in [6.45, 7) is 1.67. The van der Waals surface area contributed by atoms with Crippen LogP contribution in [0.2, 0.25) is 0 Å². The minimum absolute atomic E-state index is 0.244. The molecule has 3 aromatic rings. The Bertz CT molecular complexity index is 1040. The van der Waals surface area contributed by atoms with Gasteiger partial charge >= 0.3 is 0 Å². The zero-order chi connectivity index (χ0) is 19.1. The molecule has 5 rings (SSSR count). The van der Waals surface area contributed by atoms with Gasteiger partial charge in [-0.05, 0) is 22.8 Å². The summed E-state index contributed by atoms with van der Waals surface area (Å²) in [5.74, 6) is 1.50. The molecule has 1 saturated heterocycles. The fourth-order valence-corrected chi connectivity index (χ4v) is 4.37. The number of hydrogen-bond acceptors (Lipinski definition) is 5. The molecule has 28 heavy (non-hydrogen) atoms. The van der Waals surface area contributed by atoms with E-state index in [2.05, 4.69) is 51.2 Å². The van der Waals surface area contributed by atoms with E-state index in [9.17, 15) is 4.79 Å². The number of carbonyl (C=O) groups is 1. The second-order valence-corrected chi connectivity index (χ2v) is 7.63. The van der Waals surface area contributed by atoms with Gasteiger partial charge in [0.2, 0.25) is 5.91 Å². The van der Waals surface area contributed by atoms with Crippen molar-refractivity contribution in [3.8, 4) is 0 Å². The highest BCUT2D eigenvalue weighted by Crippen LogP contribution is 2.33. The van der Waals surface area contributed by atoms with E-state index in [0.717, 1.165) is 18.1 Å². The zero-order valence-corrected chi connectivity index (χ0v) is 15.5. The molecule has 7 heteroatoms. The molecule has 0 radical (unpaired) electrons. The third kappa shape index (κ3) is 2.87. The van der Waals surface area contributed by atoms with Crippen LogP contribution in [-0.4, -0.2) is 56.0 Å². The summed E-state index contributed by atoms with van der Waals surface area (Å²) in [6, 6.07) is 14.7. The van der Waals surface area contributed by atoms with Gasteiger partial charge in [0.1, 0.15) is 24.6 Å². The van der Waals surface area contributed by atoms with E-state index >= 15 is 0 Å². The summed E-state index contributed by atoms with van der Waals surface area (Å²) in [5, 5.41) is 20.3. The number of fused-ring (bicyclic) bond motifs is 2. The fourth-order valence-electron chi connectivity index (χ4n) is 4.37. The van der Waals surface area contributed by atoms with Crippen molar-refractivity contribution in [2.45, 2.75) is 31.6 Å². The predicted octanol–water partition coefficient (Wildman–Crippen LogP) is 1.52. The largest absolute Gasteiger partial charge is 0.387 e. The van der Waals surface area contributed by atoms with E-state index < -0.39 is 12.2 Å². The van der Waals surface area contributed by atoms with Crippen LogP contribution in [-0.2, 0) is 29.1 Å². The van der Waals surface area contributed by atoms with Gasteiger partial charge in [-0.1, -0.05) is 42.5 Å². The van der Waals surface area contributed by atoms with E-state index in [4.69, 9.17) is 9.84 Å². The van der Waals surface area contributed by atoms with Crippen molar-refractivity contribution in [1.29, 1.82) is 0 Å². The highest BCUT2D eigenvalue weighted by molar-refractivity contribution is 5.85. The molecule has 1 aromatic heterocycles. The highest BCUT2D eigenvalue weighted by Gasteiger charge is 2.44. The number of amides is 1. The molecule has 7 nitrogen and oxygen atoms in total. The molecule has 2 aromatic carbocycles. The lowest BCUT2D eigenvalue weighted by atomic mass is 10.00. The van der Waals surface area contributed by atoms with Gasteiger partial charge in [-0.25, -0.2) is 0 Å². The molecular formula is C21H22N4O3. The lowest BCUT2D eigenvalue weighted by Crippen LogP contribution is -2.45. The average Bonchev–Trinajstić information content (AvgIpc) is 3.32. The lowest BCUT2D eigenvalue weighted by Gasteiger charge is -2.34. The Balaban J connectivity index is 1.43. The molecule has 3 heterocycles. The van der Waals surface area contributed by atoms with Crippen LogP contribution in [0.3, 0.4) is 0 Å². The van der Waals surface area contributed by atoms with E-state index in [0.29, 0.717) is 32.7 Å². The van der Waals surface area contributed by atoms with Crippen molar-refractivity contribution in [1.82, 2.24) is 19.7 Å². The first kappa shape index (κ1) is 17.3. The van der Waals surface area contributed by atoms with E-state index in [1.807, 2.05) is 6.07 Å². The standard InChI is InChI=1S/C21H22N4O3/c26-11-20(27)24-9-8-21(13-24)14-25-18(22-23-19(25)12-28-21)10-16-6-3-5-15-4-1-2-7-17(15)16/h1-7,26H,8-14H2. The van der Waals surface area contributed by atoms with Gasteiger partial charge in [-0.2, -0.15) is 0 Å². The molecule has 1 spiro atoms. The van der Waals surface area contributed by atoms with Crippen molar-refractivity contribution in [2.75, 3.05) is 19.7 Å². The summed E-state index contributed by atoms with van der Waals surface area (Å²) in [6.07, 6.45) is 1.45. The minimum Gasteiger partial charge on any atom is -0.387 e. The second kappa shape index (κ2) is 6.68. The number of benzene rings is 2. The first-order chi connectivity index (χ1) is 13.7. The first-order valence-electron chi connectivity index (χ1n) is 9.58. The maximum Gasteiger partial charge on any atom is 0.248 e. The molecule has 1 amide bonds. The Kier molecular flexibility index (Phi) is 4.14. The SMILES string of the molecule is O=C(CO)N1CCC2(C1)Cn1c(nnc1Cc1cccc3ccccc13)CO2. The molecule has 0 bridgehead atoms. The number of rotatable bonds is 3. The lowest BCUT2D eigenvalue weighted by molar-refractivity contribution is -0.136. The molecule has 0 saturated carbocycles. The quantitative estimate of drug-likeness (QED) is 0.747. The summed E-state index contributed by atoms with van der Waals surface area (Å²) in [4.78, 5) is 13.5. The number of likely N-dealkylation sites (tertiary alicyclic amines) is 1. The molecule has 1 atom stereocenters. The van der Waals surface area contributed by atoms with Gasteiger partial charge in [0, 0.05) is 13.0 Å². The smallest absolute Gasteiger partial charge is 0.248 e. The number of carbonyl (C=O) groups excluding carboxylic acids is 1. The normalized spacial score (nSPS) is 21.4. The molecule has 2 aliphatic rings. The van der Waals surface area contributed by atoms with Gasteiger partial charge in [0.05, 0.1) is 13.1 Å². The fraction of sp³-hybridized carbons (Fsp3) is 0.381. The summed E-state index contributed by atoms with van der Waals surface area (Å²) >= 11 is 0. The van der Waals surface area contributed by atoms with Gasteiger partial charge in [-0.15, -0.1) is 10.2 Å². The molecule has 144 valence electrons. The Hall–Kier alpha value is -2.77. The van der Waals surface area contributed by atoms with Crippen LogP contribution < -0.4 is 0 Å². The van der Waals surface area contributed by atoms with Gasteiger partial charge < -0.3 is 19.3 Å². The monoisotopic (exact) mass is 378 g/mol. The van der Waals surface area contributed by atoms with Crippen LogP contribution in [0.4, 0.5) is 0 Å². The Morgan fingerprint density at radius 1 is 1.14 bits per heavy atom. The number of hydrogen-bond donors (Lipinski definition) is 1. The van der Waals surface area contributed by atoms with E-state index in [-0.39, 0.29) is 5.91 Å². The number of nitrogens with zero attached hydrogens (tertiary/aromatic N) is 4. The van der Waals surface area contributed by atoms with Crippen LogP contribution in [0.1, 0.15) is 23.6 Å². The van der Waals surface area contributed by atoms with Crippen molar-refractivity contribution in [3.63, 3.8) is 0 Å². The molecule has 1 unspecified atom stereocenters. The van der Waals surface area contributed by atoms with Crippen LogP contribution >= 0.6 is 0 Å². The predicted molar refractivity (Wildman–Crippen MR) is 103 cm³/mol. The second-order valence-electron chi connectivity index (χ2n) is 7.63. The summed E-state index contributed by atoms with van der Waals surface area (Å²) in [5.41, 5.74) is 0.797. The van der Waals surface area contributed by atoms with Gasteiger partial charge in [0.25, 0.3) is 0 Å². The van der Waals surface area contributed by atoms with Crippen molar-refractivity contribution in [2.24, 2.45) is 0 Å². The van der Waals surface area contributed by atoms with Crippen LogP contribution in [0.15, 0.2) is 42.5 Å². The highest BCUT2D eigenvalue weighted by atomic mass is 16.5. The number of ether oxygens (including phenoxy) is 1. The molecular weight excluding hydrogens is 356 g/mol. The number of aliphatic hydroxyl groups excluding tert-OH is 1. The number of aromatic nitrogens is 3. The van der Waals surface area contributed by atoms with Crippen molar-refractivity contribution >= 4 is 16.7 Å². The van der Waals surface area contributed by atoms with E-state index in [1.54, 1.807) is 4.90 Å². The summed E-state index contributed by atoms with van der Waals surface area (Å²) in [7, 11) is 0. The van der Waals surface area contributed by atoms with Crippen molar-refractivity contribution in [3.05, 3.63) is 59.7 Å². The van der Waals surface area contributed by atoms with Gasteiger partial charge in [-0.3, -0.25) is 4.79 Å². The van der Waals surface area contributed by atoms with Crippen LogP contribution in [0.25, 0.3) is 10.8 Å². The molecule has 0 aliphatic carbocycles. The molecule has 2 aliphatic heterocycles. The Labute approximate surface area is 162 Å². The Morgan fingerprint density at radius 3 is 2.89 bits per heavy atom. The third-order valence-electron chi connectivity index (χ3n) is 5.89. The zero-order valence-electron chi connectivity index (χ0n) is 15.5. The maximum absolute atomic E-state index is 11.9. The van der Waals surface area contributed by atoms with Crippen LogP contribution in [0, 0.1) is 0 Å². The first-order valence-corrected chi connectivity index (χ1v) is 9.58. The average molecular weight is 378 g/mol. The number of aliphatic hydroxyl groups is 1. The molecule has 1 fully saturated rings. The van der Waals surface area contributed by atoms with E-state index in [1.165, 1.54) is 16.3 Å². The van der Waals surface area contributed by atoms with Gasteiger partial charge in [0.15, 0.2) is 5.82 Å². The minimum atomic E-state index is -0.458. The van der Waals surface area contributed by atoms with Crippen LogP contribution in [0.5, 0.6) is 0 Å². The summed E-state index contributed by atoms with van der Waals surface area (Å²) < 4.78 is 8.26. The van der Waals surface area contributed by atoms with Crippen molar-refractivity contribution < 1.29 is 14.6 Å². The molecule has 1 N–H and O–H groups in total.